The van der Waals surface area contributed by atoms with Gasteiger partial charge in [-0.2, -0.15) is 0 Å². The normalized spacial score (nSPS) is 10.9. The first-order valence-electron chi connectivity index (χ1n) is 5.57. The lowest BCUT2D eigenvalue weighted by molar-refractivity contribution is 0.610. The maximum atomic E-state index is 13.1. The third-order valence-corrected chi connectivity index (χ3v) is 3.56. The molecule has 0 spiro atoms. The number of nitrogens with zero attached hydrogens (tertiary/aromatic N) is 3. The molecule has 0 amide bonds. The van der Waals surface area contributed by atoms with Crippen LogP contribution in [0.4, 0.5) is 4.39 Å². The van der Waals surface area contributed by atoms with Crippen LogP contribution in [-0.4, -0.2) is 14.8 Å². The van der Waals surface area contributed by atoms with E-state index in [0.717, 1.165) is 21.7 Å². The van der Waals surface area contributed by atoms with E-state index in [1.54, 1.807) is 6.07 Å². The molecule has 0 saturated heterocycles. The first kappa shape index (κ1) is 13.2. The second-order valence-corrected chi connectivity index (χ2v) is 4.92. The predicted molar refractivity (Wildman–Crippen MR) is 70.4 cm³/mol. The van der Waals surface area contributed by atoms with Gasteiger partial charge in [0.2, 0.25) is 0 Å². The molecule has 0 fully saturated rings. The van der Waals surface area contributed by atoms with Gasteiger partial charge < -0.3 is 9.88 Å². The Morgan fingerprint density at radius 2 is 2.11 bits per heavy atom. The van der Waals surface area contributed by atoms with Crippen LogP contribution in [0.2, 0.25) is 0 Å². The van der Waals surface area contributed by atoms with Gasteiger partial charge in [-0.1, -0.05) is 15.9 Å². The van der Waals surface area contributed by atoms with Gasteiger partial charge in [-0.3, -0.25) is 0 Å². The number of halogens is 2. The average Bonchev–Trinajstić information content (AvgIpc) is 2.65. The van der Waals surface area contributed by atoms with Crippen molar-refractivity contribution in [1.82, 2.24) is 20.1 Å². The summed E-state index contributed by atoms with van der Waals surface area (Å²) < 4.78 is 15.9. The molecule has 18 heavy (non-hydrogen) atoms. The zero-order valence-electron chi connectivity index (χ0n) is 10.2. The Labute approximate surface area is 113 Å². The van der Waals surface area contributed by atoms with Crippen molar-refractivity contribution in [1.29, 1.82) is 0 Å². The lowest BCUT2D eigenvalue weighted by Crippen LogP contribution is -2.16. The predicted octanol–water partition coefficient (Wildman–Crippen LogP) is 2.31. The smallest absolute Gasteiger partial charge is 0.146 e. The topological polar surface area (TPSA) is 42.7 Å². The summed E-state index contributed by atoms with van der Waals surface area (Å²) in [6.45, 7) is 3.07. The van der Waals surface area contributed by atoms with Gasteiger partial charge in [0.05, 0.1) is 6.54 Å². The van der Waals surface area contributed by atoms with Crippen molar-refractivity contribution in [3.63, 3.8) is 0 Å². The molecule has 0 saturated carbocycles. The highest BCUT2D eigenvalue weighted by molar-refractivity contribution is 9.10. The quantitative estimate of drug-likeness (QED) is 0.942. The Hall–Kier alpha value is -1.27. The van der Waals surface area contributed by atoms with Crippen molar-refractivity contribution in [2.75, 3.05) is 0 Å². The van der Waals surface area contributed by atoms with Crippen LogP contribution in [0.3, 0.4) is 0 Å². The molecule has 0 bridgehead atoms. The van der Waals surface area contributed by atoms with Crippen LogP contribution in [-0.2, 0) is 20.1 Å². The number of hydrogen-bond donors (Lipinski definition) is 1. The molecule has 1 heterocycles. The molecule has 0 aliphatic heterocycles. The van der Waals surface area contributed by atoms with Crippen LogP contribution >= 0.6 is 15.9 Å². The Balaban J connectivity index is 1.96. The van der Waals surface area contributed by atoms with Gasteiger partial charge in [0.15, 0.2) is 0 Å². The number of aromatic nitrogens is 3. The van der Waals surface area contributed by atoms with Gasteiger partial charge in [0, 0.05) is 18.1 Å². The van der Waals surface area contributed by atoms with E-state index in [0.29, 0.717) is 13.1 Å². The summed E-state index contributed by atoms with van der Waals surface area (Å²) in [5, 5.41) is 11.2. The van der Waals surface area contributed by atoms with E-state index < -0.39 is 0 Å². The molecule has 4 nitrogen and oxygen atoms in total. The fraction of sp³-hybridized carbons (Fsp3) is 0.333. The highest BCUT2D eigenvalue weighted by atomic mass is 79.9. The molecule has 96 valence electrons. The van der Waals surface area contributed by atoms with Crippen molar-refractivity contribution in [3.8, 4) is 0 Å². The monoisotopic (exact) mass is 312 g/mol. The van der Waals surface area contributed by atoms with Crippen LogP contribution in [0.5, 0.6) is 0 Å². The van der Waals surface area contributed by atoms with Crippen LogP contribution in [0.15, 0.2) is 22.7 Å². The van der Waals surface area contributed by atoms with Gasteiger partial charge >= 0.3 is 0 Å². The van der Waals surface area contributed by atoms with Crippen molar-refractivity contribution < 1.29 is 4.39 Å². The fourth-order valence-electron chi connectivity index (χ4n) is 1.59. The average molecular weight is 313 g/mol. The van der Waals surface area contributed by atoms with Gasteiger partial charge in [-0.25, -0.2) is 4.39 Å². The Morgan fingerprint density at radius 3 is 2.78 bits per heavy atom. The minimum absolute atomic E-state index is 0.232. The van der Waals surface area contributed by atoms with E-state index in [1.807, 2.05) is 18.5 Å². The third kappa shape index (κ3) is 2.94. The summed E-state index contributed by atoms with van der Waals surface area (Å²) in [5.41, 5.74) is 0.883. The zero-order valence-corrected chi connectivity index (χ0v) is 11.8. The molecule has 6 heteroatoms. The summed E-state index contributed by atoms with van der Waals surface area (Å²) in [6.07, 6.45) is 0. The maximum Gasteiger partial charge on any atom is 0.146 e. The lowest BCUT2D eigenvalue weighted by atomic mass is 10.2. The summed E-state index contributed by atoms with van der Waals surface area (Å²) in [6, 6.07) is 4.65. The van der Waals surface area contributed by atoms with Gasteiger partial charge in [0.25, 0.3) is 0 Å². The van der Waals surface area contributed by atoms with E-state index in [2.05, 4.69) is 31.4 Å². The molecule has 1 aromatic heterocycles. The second-order valence-electron chi connectivity index (χ2n) is 4.06. The molecule has 1 aromatic carbocycles. The molecule has 1 N–H and O–H groups in total. The Bertz CT molecular complexity index is 553. The molecule has 0 aliphatic rings. The van der Waals surface area contributed by atoms with Crippen molar-refractivity contribution in [3.05, 3.63) is 45.7 Å². The fourth-order valence-corrected chi connectivity index (χ4v) is 1.98. The minimum atomic E-state index is -0.232. The summed E-state index contributed by atoms with van der Waals surface area (Å²) in [7, 11) is 1.92. The molecule has 0 radical (unpaired) electrons. The Kier molecular flexibility index (Phi) is 4.08. The third-order valence-electron chi connectivity index (χ3n) is 2.79. The highest BCUT2D eigenvalue weighted by Crippen LogP contribution is 2.17. The number of aryl methyl sites for hydroxylation is 1. The van der Waals surface area contributed by atoms with E-state index in [4.69, 9.17) is 0 Å². The first-order valence-corrected chi connectivity index (χ1v) is 6.36. The van der Waals surface area contributed by atoms with Gasteiger partial charge in [-0.15, -0.1) is 10.2 Å². The van der Waals surface area contributed by atoms with Crippen molar-refractivity contribution >= 4 is 15.9 Å². The largest absolute Gasteiger partial charge is 0.317 e. The first-order chi connectivity index (χ1) is 8.58. The molecule has 2 rings (SSSR count). The molecule has 2 aromatic rings. The number of benzene rings is 1. The highest BCUT2D eigenvalue weighted by Gasteiger charge is 2.05. The second kappa shape index (κ2) is 5.58. The van der Waals surface area contributed by atoms with Crippen LogP contribution in [0.25, 0.3) is 0 Å². The van der Waals surface area contributed by atoms with Gasteiger partial charge in [0.1, 0.15) is 17.5 Å². The summed E-state index contributed by atoms with van der Waals surface area (Å²) in [4.78, 5) is 0. The van der Waals surface area contributed by atoms with Crippen molar-refractivity contribution in [2.24, 2.45) is 7.05 Å². The number of nitrogens with one attached hydrogen (secondary N) is 1. The zero-order chi connectivity index (χ0) is 13.1. The van der Waals surface area contributed by atoms with Crippen LogP contribution in [0, 0.1) is 12.7 Å². The van der Waals surface area contributed by atoms with Crippen molar-refractivity contribution in [2.45, 2.75) is 20.0 Å². The van der Waals surface area contributed by atoms with E-state index in [1.165, 1.54) is 12.1 Å². The van der Waals surface area contributed by atoms with Crippen LogP contribution < -0.4 is 5.32 Å². The van der Waals surface area contributed by atoms with Gasteiger partial charge in [-0.05, 0) is 30.7 Å². The Morgan fingerprint density at radius 1 is 1.33 bits per heavy atom. The number of hydrogen-bond acceptors (Lipinski definition) is 3. The standard InChI is InChI=1S/C12H14BrFN4/c1-8-16-17-12(18(8)2)7-15-6-9-5-10(14)3-4-11(9)13/h3-5,15H,6-7H2,1-2H3. The maximum absolute atomic E-state index is 13.1. The minimum Gasteiger partial charge on any atom is -0.317 e. The molecule has 0 unspecified atom stereocenters. The molecule has 0 aliphatic carbocycles. The summed E-state index contributed by atoms with van der Waals surface area (Å²) >= 11 is 3.40. The van der Waals surface area contributed by atoms with E-state index in [-0.39, 0.29) is 5.82 Å². The molecule has 0 atom stereocenters. The molecular formula is C12H14BrFN4. The summed E-state index contributed by atoms with van der Waals surface area (Å²) in [5.74, 6) is 1.50. The van der Waals surface area contributed by atoms with Crippen LogP contribution in [0.1, 0.15) is 17.2 Å². The number of rotatable bonds is 4. The molecular weight excluding hydrogens is 299 g/mol. The van der Waals surface area contributed by atoms with E-state index >= 15 is 0 Å². The SMILES string of the molecule is Cc1nnc(CNCc2cc(F)ccc2Br)n1C. The lowest BCUT2D eigenvalue weighted by Gasteiger charge is -2.07. The van der Waals surface area contributed by atoms with E-state index in [9.17, 15) is 4.39 Å².